The number of aryl methyl sites for hydroxylation is 1. The highest BCUT2D eigenvalue weighted by Gasteiger charge is 2.21. The van der Waals surface area contributed by atoms with Crippen LogP contribution in [0.1, 0.15) is 43.4 Å². The van der Waals surface area contributed by atoms with Crippen molar-refractivity contribution in [1.82, 2.24) is 9.80 Å². The molecule has 1 heterocycles. The van der Waals surface area contributed by atoms with Gasteiger partial charge in [0.05, 0.1) is 30.3 Å². The highest BCUT2D eigenvalue weighted by atomic mass is 16.3. The molecule has 0 saturated carbocycles. The Morgan fingerprint density at radius 2 is 1.75 bits per heavy atom. The SMILES string of the molecule is CCCCN(CC(=O)N(Cc1ccccc1)Cc1coc2ccc(C)cc2c1=O)C(C)=O. The summed E-state index contributed by atoms with van der Waals surface area (Å²) in [6.45, 7) is 6.41. The molecule has 0 N–H and O–H groups in total. The molecular formula is C26H30N2O4. The van der Waals surface area contributed by atoms with E-state index in [0.717, 1.165) is 24.0 Å². The summed E-state index contributed by atoms with van der Waals surface area (Å²) in [7, 11) is 0. The van der Waals surface area contributed by atoms with E-state index in [1.807, 2.05) is 50.2 Å². The van der Waals surface area contributed by atoms with E-state index in [2.05, 4.69) is 0 Å². The van der Waals surface area contributed by atoms with Crippen molar-refractivity contribution in [3.05, 3.63) is 81.7 Å². The van der Waals surface area contributed by atoms with Gasteiger partial charge in [-0.15, -0.1) is 0 Å². The van der Waals surface area contributed by atoms with Gasteiger partial charge in [-0.05, 0) is 31.0 Å². The first-order valence-electron chi connectivity index (χ1n) is 11.0. The second kappa shape index (κ2) is 10.8. The van der Waals surface area contributed by atoms with Gasteiger partial charge in [-0.25, -0.2) is 0 Å². The summed E-state index contributed by atoms with van der Waals surface area (Å²) < 4.78 is 5.68. The molecule has 0 aliphatic carbocycles. The molecule has 1 aromatic heterocycles. The molecule has 0 bridgehead atoms. The molecular weight excluding hydrogens is 404 g/mol. The summed E-state index contributed by atoms with van der Waals surface area (Å²) in [5.74, 6) is -0.337. The Morgan fingerprint density at radius 1 is 1.00 bits per heavy atom. The maximum absolute atomic E-state index is 13.3. The van der Waals surface area contributed by atoms with Crippen LogP contribution in [-0.4, -0.2) is 34.7 Å². The summed E-state index contributed by atoms with van der Waals surface area (Å²) >= 11 is 0. The van der Waals surface area contributed by atoms with Crippen LogP contribution < -0.4 is 5.43 Å². The smallest absolute Gasteiger partial charge is 0.242 e. The minimum Gasteiger partial charge on any atom is -0.464 e. The van der Waals surface area contributed by atoms with Gasteiger partial charge in [0.15, 0.2) is 5.43 Å². The lowest BCUT2D eigenvalue weighted by molar-refractivity contribution is -0.140. The number of fused-ring (bicyclic) bond motifs is 1. The minimum absolute atomic E-state index is 0.0137. The Morgan fingerprint density at radius 3 is 2.44 bits per heavy atom. The molecule has 0 fully saturated rings. The topological polar surface area (TPSA) is 70.8 Å². The summed E-state index contributed by atoms with van der Waals surface area (Å²) in [6, 6.07) is 15.1. The number of amides is 2. The fraction of sp³-hybridized carbons (Fsp3) is 0.346. The first-order chi connectivity index (χ1) is 15.4. The second-order valence-electron chi connectivity index (χ2n) is 8.12. The van der Waals surface area contributed by atoms with Crippen molar-refractivity contribution >= 4 is 22.8 Å². The Labute approximate surface area is 188 Å². The third-order valence-electron chi connectivity index (χ3n) is 5.48. The standard InChI is InChI=1S/C26H30N2O4/c1-4-5-13-27(20(3)29)17-25(30)28(15-21-9-7-6-8-10-21)16-22-18-32-24-12-11-19(2)14-23(24)26(22)31/h6-12,14,18H,4-5,13,15-17H2,1-3H3. The number of nitrogens with zero attached hydrogens (tertiary/aromatic N) is 2. The number of unbranched alkanes of at least 4 members (excludes halogenated alkanes) is 1. The van der Waals surface area contributed by atoms with Gasteiger partial charge in [-0.2, -0.15) is 0 Å². The van der Waals surface area contributed by atoms with Crippen LogP contribution in [0.5, 0.6) is 0 Å². The van der Waals surface area contributed by atoms with E-state index in [1.54, 1.807) is 21.9 Å². The Kier molecular flexibility index (Phi) is 7.82. The van der Waals surface area contributed by atoms with E-state index in [1.165, 1.54) is 13.2 Å². The fourth-order valence-electron chi connectivity index (χ4n) is 3.60. The first kappa shape index (κ1) is 23.3. The molecule has 0 aliphatic heterocycles. The van der Waals surface area contributed by atoms with Crippen molar-refractivity contribution in [2.24, 2.45) is 0 Å². The maximum Gasteiger partial charge on any atom is 0.242 e. The fourth-order valence-corrected chi connectivity index (χ4v) is 3.60. The van der Waals surface area contributed by atoms with Gasteiger partial charge in [-0.1, -0.05) is 55.3 Å². The van der Waals surface area contributed by atoms with Gasteiger partial charge in [0, 0.05) is 20.0 Å². The van der Waals surface area contributed by atoms with Crippen LogP contribution in [0.15, 0.2) is 64.0 Å². The molecule has 3 rings (SSSR count). The largest absolute Gasteiger partial charge is 0.464 e. The molecule has 0 radical (unpaired) electrons. The monoisotopic (exact) mass is 434 g/mol. The molecule has 32 heavy (non-hydrogen) atoms. The average Bonchev–Trinajstić information content (AvgIpc) is 2.78. The number of hydrogen-bond donors (Lipinski definition) is 0. The summed E-state index contributed by atoms with van der Waals surface area (Å²) in [4.78, 5) is 41.6. The van der Waals surface area contributed by atoms with Crippen molar-refractivity contribution in [3.63, 3.8) is 0 Å². The van der Waals surface area contributed by atoms with Crippen LogP contribution in [0.3, 0.4) is 0 Å². The molecule has 2 aromatic carbocycles. The first-order valence-corrected chi connectivity index (χ1v) is 11.0. The number of carbonyl (C=O) groups excluding carboxylic acids is 2. The molecule has 0 spiro atoms. The number of rotatable bonds is 9. The highest BCUT2D eigenvalue weighted by molar-refractivity contribution is 5.84. The van der Waals surface area contributed by atoms with Crippen molar-refractivity contribution in [2.75, 3.05) is 13.1 Å². The van der Waals surface area contributed by atoms with Gasteiger partial charge in [-0.3, -0.25) is 14.4 Å². The summed E-state index contributed by atoms with van der Waals surface area (Å²) in [5.41, 5.74) is 2.70. The van der Waals surface area contributed by atoms with Crippen LogP contribution in [0.2, 0.25) is 0 Å². The number of benzene rings is 2. The Bertz CT molecular complexity index is 1140. The molecule has 0 saturated heterocycles. The third kappa shape index (κ3) is 5.84. The molecule has 168 valence electrons. The Hall–Kier alpha value is -3.41. The van der Waals surface area contributed by atoms with Crippen molar-refractivity contribution in [2.45, 2.75) is 46.7 Å². The summed E-state index contributed by atoms with van der Waals surface area (Å²) in [5, 5.41) is 0.503. The van der Waals surface area contributed by atoms with Crippen LogP contribution in [0, 0.1) is 6.92 Å². The zero-order valence-corrected chi connectivity index (χ0v) is 19.0. The van der Waals surface area contributed by atoms with E-state index < -0.39 is 0 Å². The molecule has 6 heteroatoms. The van der Waals surface area contributed by atoms with Gasteiger partial charge < -0.3 is 14.2 Å². The zero-order chi connectivity index (χ0) is 23.1. The third-order valence-corrected chi connectivity index (χ3v) is 5.48. The van der Waals surface area contributed by atoms with Gasteiger partial charge in [0.2, 0.25) is 11.8 Å². The highest BCUT2D eigenvalue weighted by Crippen LogP contribution is 2.16. The summed E-state index contributed by atoms with van der Waals surface area (Å²) in [6.07, 6.45) is 3.20. The van der Waals surface area contributed by atoms with Gasteiger partial charge in [0.25, 0.3) is 0 Å². The average molecular weight is 435 g/mol. The molecule has 2 amide bonds. The quantitative estimate of drug-likeness (QED) is 0.504. The lowest BCUT2D eigenvalue weighted by Gasteiger charge is -2.27. The molecule has 6 nitrogen and oxygen atoms in total. The predicted molar refractivity (Wildman–Crippen MR) is 125 cm³/mol. The number of hydrogen-bond acceptors (Lipinski definition) is 4. The normalized spacial score (nSPS) is 10.8. The van der Waals surface area contributed by atoms with E-state index in [0.29, 0.717) is 29.6 Å². The molecule has 0 aliphatic rings. The maximum atomic E-state index is 13.3. The van der Waals surface area contributed by atoms with Crippen LogP contribution >= 0.6 is 0 Å². The zero-order valence-electron chi connectivity index (χ0n) is 19.0. The van der Waals surface area contributed by atoms with Crippen molar-refractivity contribution < 1.29 is 14.0 Å². The number of carbonyl (C=O) groups is 2. The molecule has 3 aromatic rings. The minimum atomic E-state index is -0.205. The second-order valence-corrected chi connectivity index (χ2v) is 8.12. The molecule has 0 atom stereocenters. The molecule has 0 unspecified atom stereocenters. The van der Waals surface area contributed by atoms with E-state index in [4.69, 9.17) is 4.42 Å². The van der Waals surface area contributed by atoms with E-state index in [9.17, 15) is 14.4 Å². The van der Waals surface area contributed by atoms with E-state index >= 15 is 0 Å². The van der Waals surface area contributed by atoms with Crippen LogP contribution in [0.4, 0.5) is 0 Å². The van der Waals surface area contributed by atoms with Crippen LogP contribution in [-0.2, 0) is 22.7 Å². The lowest BCUT2D eigenvalue weighted by Crippen LogP contribution is -2.42. The van der Waals surface area contributed by atoms with Gasteiger partial charge in [0.1, 0.15) is 5.58 Å². The van der Waals surface area contributed by atoms with E-state index in [-0.39, 0.29) is 30.3 Å². The lowest BCUT2D eigenvalue weighted by atomic mass is 10.1. The predicted octanol–water partition coefficient (Wildman–Crippen LogP) is 4.28. The van der Waals surface area contributed by atoms with Crippen molar-refractivity contribution in [1.29, 1.82) is 0 Å². The van der Waals surface area contributed by atoms with Crippen molar-refractivity contribution in [3.8, 4) is 0 Å². The Balaban J connectivity index is 1.90. The van der Waals surface area contributed by atoms with Crippen LogP contribution in [0.25, 0.3) is 11.0 Å². The van der Waals surface area contributed by atoms with Gasteiger partial charge >= 0.3 is 0 Å².